The second kappa shape index (κ2) is 9.80. The van der Waals surface area contributed by atoms with Gasteiger partial charge in [0.2, 0.25) is 0 Å². The van der Waals surface area contributed by atoms with Gasteiger partial charge in [0.25, 0.3) is 0 Å². The Hall–Kier alpha value is -1.42. The molecule has 0 N–H and O–H groups in total. The summed E-state index contributed by atoms with van der Waals surface area (Å²) < 4.78 is 0. The lowest BCUT2D eigenvalue weighted by Crippen LogP contribution is -2.49. The maximum atomic E-state index is 6.56. The van der Waals surface area contributed by atoms with Crippen LogP contribution in [0.5, 0.6) is 0 Å². The van der Waals surface area contributed by atoms with Crippen LogP contribution in [0.2, 0.25) is 20.1 Å². The van der Waals surface area contributed by atoms with Gasteiger partial charge in [0.05, 0.1) is 16.8 Å². The number of hydrogen-bond acceptors (Lipinski definition) is 2. The quantitative estimate of drug-likeness (QED) is 0.376. The third kappa shape index (κ3) is 5.07. The second-order valence-corrected chi connectivity index (χ2v) is 9.19. The normalized spacial score (nSPS) is 17.3. The van der Waals surface area contributed by atoms with Crippen LogP contribution in [0.1, 0.15) is 17.2 Å². The highest BCUT2D eigenvalue weighted by Crippen LogP contribution is 2.36. The number of halogens is 4. The summed E-state index contributed by atoms with van der Waals surface area (Å²) in [6.45, 7) is 3.67. The summed E-state index contributed by atoms with van der Waals surface area (Å²) in [5.74, 6) is 0. The summed E-state index contributed by atoms with van der Waals surface area (Å²) in [6.07, 6.45) is 0.925. The zero-order valence-corrected chi connectivity index (χ0v) is 19.4. The van der Waals surface area contributed by atoms with Crippen molar-refractivity contribution in [3.63, 3.8) is 0 Å². The summed E-state index contributed by atoms with van der Waals surface area (Å²) in [7, 11) is 0. The van der Waals surface area contributed by atoms with Crippen molar-refractivity contribution in [2.45, 2.75) is 12.5 Å². The Bertz CT molecular complexity index is 1010. The topological polar surface area (TPSA) is 6.48 Å². The Balaban J connectivity index is 1.56. The van der Waals surface area contributed by atoms with Crippen molar-refractivity contribution < 1.29 is 0 Å². The van der Waals surface area contributed by atoms with Crippen molar-refractivity contribution in [2.24, 2.45) is 0 Å². The molecule has 1 fully saturated rings. The molecule has 3 aromatic carbocycles. The molecule has 0 amide bonds. The largest absolute Gasteiger partial charge is 0.361 e. The molecular formula is C24H22Cl4N2. The Morgan fingerprint density at radius 2 is 1.50 bits per heavy atom. The van der Waals surface area contributed by atoms with E-state index < -0.39 is 0 Å². The van der Waals surface area contributed by atoms with Crippen molar-refractivity contribution in [2.75, 3.05) is 31.1 Å². The number of nitrogens with zero attached hydrogens (tertiary/aromatic N) is 2. The Morgan fingerprint density at radius 1 is 0.767 bits per heavy atom. The Morgan fingerprint density at radius 3 is 2.23 bits per heavy atom. The molecule has 0 aliphatic carbocycles. The first-order valence-corrected chi connectivity index (χ1v) is 11.5. The third-order valence-corrected chi connectivity index (χ3v) is 6.75. The molecule has 0 unspecified atom stereocenters. The number of benzene rings is 3. The number of piperazine rings is 1. The van der Waals surface area contributed by atoms with Crippen molar-refractivity contribution in [3.05, 3.63) is 97.9 Å². The highest BCUT2D eigenvalue weighted by atomic mass is 35.5. The van der Waals surface area contributed by atoms with Gasteiger partial charge in [-0.2, -0.15) is 0 Å². The first-order valence-electron chi connectivity index (χ1n) is 9.94. The van der Waals surface area contributed by atoms with E-state index in [-0.39, 0.29) is 6.04 Å². The van der Waals surface area contributed by atoms with E-state index in [0.29, 0.717) is 10.0 Å². The predicted octanol–water partition coefficient (Wildman–Crippen LogP) is 7.41. The van der Waals surface area contributed by atoms with Crippen LogP contribution in [0.3, 0.4) is 0 Å². The van der Waals surface area contributed by atoms with Crippen molar-refractivity contribution in [1.29, 1.82) is 0 Å². The van der Waals surface area contributed by atoms with Crippen LogP contribution in [-0.2, 0) is 6.42 Å². The van der Waals surface area contributed by atoms with E-state index in [1.165, 1.54) is 11.1 Å². The zero-order valence-electron chi connectivity index (χ0n) is 16.4. The molecule has 2 nitrogen and oxygen atoms in total. The lowest BCUT2D eigenvalue weighted by molar-refractivity contribution is 0.226. The minimum atomic E-state index is 0.168. The average molecular weight is 480 g/mol. The van der Waals surface area contributed by atoms with Gasteiger partial charge in [0.15, 0.2) is 0 Å². The van der Waals surface area contributed by atoms with Gasteiger partial charge >= 0.3 is 0 Å². The number of anilines is 1. The molecule has 0 saturated carbocycles. The molecule has 0 bridgehead atoms. The third-order valence-electron chi connectivity index (χ3n) is 5.59. The van der Waals surface area contributed by atoms with Crippen LogP contribution in [0, 0.1) is 0 Å². The van der Waals surface area contributed by atoms with E-state index in [1.807, 2.05) is 42.5 Å². The fourth-order valence-corrected chi connectivity index (χ4v) is 4.87. The van der Waals surface area contributed by atoms with Crippen LogP contribution >= 0.6 is 46.4 Å². The Labute approximate surface area is 197 Å². The summed E-state index contributed by atoms with van der Waals surface area (Å²) in [5, 5.41) is 2.88. The molecule has 0 spiro atoms. The van der Waals surface area contributed by atoms with Gasteiger partial charge in [0, 0.05) is 41.2 Å². The fourth-order valence-electron chi connectivity index (χ4n) is 4.00. The predicted molar refractivity (Wildman–Crippen MR) is 130 cm³/mol. The minimum Gasteiger partial charge on any atom is -0.361 e. The molecule has 156 valence electrons. The maximum absolute atomic E-state index is 6.56. The van der Waals surface area contributed by atoms with Gasteiger partial charge < -0.3 is 4.90 Å². The van der Waals surface area contributed by atoms with Gasteiger partial charge in [-0.15, -0.1) is 0 Å². The first-order chi connectivity index (χ1) is 14.5. The van der Waals surface area contributed by atoms with Crippen LogP contribution in [-0.4, -0.2) is 31.1 Å². The average Bonchev–Trinajstić information content (AvgIpc) is 2.74. The number of rotatable bonds is 5. The molecule has 1 aliphatic heterocycles. The molecule has 30 heavy (non-hydrogen) atoms. The van der Waals surface area contributed by atoms with Crippen LogP contribution in [0.4, 0.5) is 5.69 Å². The molecule has 1 atom stereocenters. The maximum Gasteiger partial charge on any atom is 0.0670 e. The van der Waals surface area contributed by atoms with Crippen LogP contribution < -0.4 is 4.90 Å². The van der Waals surface area contributed by atoms with E-state index in [1.54, 1.807) is 6.07 Å². The van der Waals surface area contributed by atoms with E-state index in [4.69, 9.17) is 46.4 Å². The zero-order chi connectivity index (χ0) is 21.1. The fraction of sp³-hybridized carbons (Fsp3) is 0.250. The standard InChI is InChI=1S/C24H22Cl4N2/c25-19-7-5-18(6-8-19)24-16-29(12-11-17-3-1-2-4-21(17)27)13-14-30(24)23-10-9-20(26)15-22(23)28/h1-10,15,24H,11-14,16H2/t24-/m0/s1. The van der Waals surface area contributed by atoms with E-state index in [2.05, 4.69) is 28.0 Å². The van der Waals surface area contributed by atoms with Crippen molar-refractivity contribution >= 4 is 52.1 Å². The summed E-state index contributed by atoms with van der Waals surface area (Å²) in [4.78, 5) is 4.86. The van der Waals surface area contributed by atoms with Gasteiger partial charge in [-0.25, -0.2) is 0 Å². The highest BCUT2D eigenvalue weighted by molar-refractivity contribution is 6.36. The molecule has 1 aliphatic rings. The molecule has 4 rings (SSSR count). The number of hydrogen-bond donors (Lipinski definition) is 0. The molecule has 0 aromatic heterocycles. The molecule has 1 heterocycles. The van der Waals surface area contributed by atoms with Crippen LogP contribution in [0.15, 0.2) is 66.7 Å². The summed E-state index contributed by atoms with van der Waals surface area (Å²) in [5.41, 5.74) is 3.41. The molecule has 1 saturated heterocycles. The van der Waals surface area contributed by atoms with E-state index >= 15 is 0 Å². The van der Waals surface area contributed by atoms with Gasteiger partial charge in [-0.1, -0.05) is 76.7 Å². The monoisotopic (exact) mass is 478 g/mol. The van der Waals surface area contributed by atoms with Crippen molar-refractivity contribution in [3.8, 4) is 0 Å². The lowest BCUT2D eigenvalue weighted by Gasteiger charge is -2.43. The van der Waals surface area contributed by atoms with Gasteiger partial charge in [0.1, 0.15) is 0 Å². The molecular weight excluding hydrogens is 458 g/mol. The molecule has 3 aromatic rings. The van der Waals surface area contributed by atoms with E-state index in [9.17, 15) is 0 Å². The summed E-state index contributed by atoms with van der Waals surface area (Å²) >= 11 is 25.2. The molecule has 6 heteroatoms. The summed E-state index contributed by atoms with van der Waals surface area (Å²) in [6, 6.07) is 22.0. The Kier molecular flexibility index (Phi) is 7.12. The lowest BCUT2D eigenvalue weighted by atomic mass is 10.0. The van der Waals surface area contributed by atoms with Gasteiger partial charge in [-0.3, -0.25) is 4.90 Å². The first kappa shape index (κ1) is 21.8. The molecule has 0 radical (unpaired) electrons. The second-order valence-electron chi connectivity index (χ2n) is 7.50. The smallest absolute Gasteiger partial charge is 0.0670 e. The van der Waals surface area contributed by atoms with Crippen LogP contribution in [0.25, 0.3) is 0 Å². The minimum absolute atomic E-state index is 0.168. The highest BCUT2D eigenvalue weighted by Gasteiger charge is 2.29. The van der Waals surface area contributed by atoms with Gasteiger partial charge in [-0.05, 0) is 53.9 Å². The van der Waals surface area contributed by atoms with Crippen molar-refractivity contribution in [1.82, 2.24) is 4.90 Å². The SMILES string of the molecule is Clc1ccc([C@@H]2CN(CCc3ccccc3Cl)CCN2c2ccc(Cl)cc2Cl)cc1. The van der Waals surface area contributed by atoms with E-state index in [0.717, 1.165) is 48.3 Å².